The van der Waals surface area contributed by atoms with Gasteiger partial charge in [0.25, 0.3) is 0 Å². The van der Waals surface area contributed by atoms with Gasteiger partial charge in [-0.25, -0.2) is 22.0 Å². The molecule has 0 N–H and O–H groups in total. The Balaban J connectivity index is 0.000000144. The molecule has 0 saturated carbocycles. The number of aryl methyl sites for hydroxylation is 3. The first kappa shape index (κ1) is 93.6. The maximum absolute atomic E-state index is 14.8. The minimum atomic E-state index is -1.22. The molecule has 126 heavy (non-hydrogen) atoms. The summed E-state index contributed by atoms with van der Waals surface area (Å²) in [6, 6.07) is 19.4. The van der Waals surface area contributed by atoms with Crippen molar-refractivity contribution in [3.63, 3.8) is 0 Å². The molecule has 676 valence electrons. The van der Waals surface area contributed by atoms with Gasteiger partial charge in [-0.05, 0) is 191 Å². The molecule has 0 radical (unpaired) electrons. The van der Waals surface area contributed by atoms with Crippen LogP contribution >= 0.6 is 0 Å². The first-order chi connectivity index (χ1) is 60.9. The molecule has 8 aliphatic rings. The van der Waals surface area contributed by atoms with Crippen LogP contribution in [-0.4, -0.2) is 33.0 Å². The Morgan fingerprint density at radius 3 is 0.960 bits per heavy atom. The number of rotatable bonds is 28. The maximum atomic E-state index is 14.8. The van der Waals surface area contributed by atoms with Crippen LogP contribution in [0.1, 0.15) is 264 Å². The second kappa shape index (κ2) is 43.2. The first-order valence-corrected chi connectivity index (χ1v) is 45.1. The van der Waals surface area contributed by atoms with Crippen LogP contribution in [0.5, 0.6) is 74.7 Å². The van der Waals surface area contributed by atoms with E-state index in [1.165, 1.54) is 41.5 Å². The average molecular weight is 1760 g/mol. The van der Waals surface area contributed by atoms with Crippen LogP contribution in [0.25, 0.3) is 0 Å². The van der Waals surface area contributed by atoms with Crippen LogP contribution in [0.3, 0.4) is 0 Å². The Morgan fingerprint density at radius 2 is 0.611 bits per heavy atom. The third kappa shape index (κ3) is 21.5. The zero-order valence-corrected chi connectivity index (χ0v) is 73.1. The quantitative estimate of drug-likeness (QED) is 0.0352. The molecular formula is C103H112F14O9. The highest BCUT2D eigenvalue weighted by molar-refractivity contribution is 5.60. The van der Waals surface area contributed by atoms with E-state index in [9.17, 15) is 61.5 Å². The highest BCUT2D eigenvalue weighted by Crippen LogP contribution is 2.51. The second-order valence-electron chi connectivity index (χ2n) is 34.2. The third-order valence-corrected chi connectivity index (χ3v) is 24.8. The molecule has 9 nitrogen and oxygen atoms in total. The number of benzene rings is 8. The highest BCUT2D eigenvalue weighted by atomic mass is 19.2. The Labute approximate surface area is 729 Å². The number of ether oxygens (including phenoxy) is 9. The Kier molecular flexibility index (Phi) is 32.1. The van der Waals surface area contributed by atoms with E-state index in [0.29, 0.717) is 130 Å². The summed E-state index contributed by atoms with van der Waals surface area (Å²) in [4.78, 5) is 0. The van der Waals surface area contributed by atoms with Gasteiger partial charge in [-0.3, -0.25) is 0 Å². The SMILES string of the molecule is CCCC1=C(F)CC(COc2cc3c(c(F)c2F)Oc2c(ccc(CCC)c2F)C3)CC1.CCCC1=CCC(COc2cc3c(c(F)c2F)Oc2c(ccc(CCC)c2F)C3)CC1.CCCC1=CCC(COc2cc3c(c(F)c2F)Oc2c(ccc(OCC)c2F)C3)CC1.CCCc1ccc2c(c1F)Oc1c(cc(OCC3=C(F)CC(CCC)CC3)c(F)c1F)C2. The number of hydrogen-bond acceptors (Lipinski definition) is 9. The third-order valence-electron chi connectivity index (χ3n) is 24.8. The Hall–Kier alpha value is -10.1. The molecule has 8 aromatic rings. The highest BCUT2D eigenvalue weighted by Gasteiger charge is 2.36. The van der Waals surface area contributed by atoms with Crippen molar-refractivity contribution in [1.82, 2.24) is 0 Å². The van der Waals surface area contributed by atoms with E-state index in [1.54, 1.807) is 49.4 Å². The number of fused-ring (bicyclic) bond motifs is 8. The van der Waals surface area contributed by atoms with E-state index in [4.69, 9.17) is 42.6 Å². The van der Waals surface area contributed by atoms with Gasteiger partial charge in [-0.2, -0.15) is 39.5 Å². The molecule has 23 heteroatoms. The lowest BCUT2D eigenvalue weighted by atomic mass is 9.86. The van der Waals surface area contributed by atoms with Gasteiger partial charge >= 0.3 is 0 Å². The summed E-state index contributed by atoms with van der Waals surface area (Å²) in [5.74, 6) is -13.1. The standard InChI is InChI=1S/2C26H28F4O2.C26H29F3O2.C25H27F3O3/c1-3-5-16-8-7-15(11-20(16)27)14-31-21-13-19-12-18-10-9-17(6-4-2)22(28)25(18)32-26(19)24(30)23(21)29;1-3-5-15-7-8-18(20(27)11-15)14-31-21-13-19-12-17-10-9-16(6-4-2)22(28)25(17)32-26(19)24(30)23(21)29;1-3-5-16-7-9-17(10-8-16)15-30-21-14-20-13-19-12-11-18(6-4-2)22(27)25(19)31-26(20)24(29)23(21)28;1-3-5-15-6-8-16(9-7-15)14-30-20-13-18-12-17-10-11-19(29-4-2)22(27)24(17)31-25(18)23(28)21(20)26/h2*9-10,13,15H,3-8,11-12,14H2,1-2H3;7,11-12,14,17H,3-6,8-10,13,15H2,1-2H3;6,10-11,13,16H,3-5,7-9,12,14H2,1-2H3. The first-order valence-electron chi connectivity index (χ1n) is 45.1. The van der Waals surface area contributed by atoms with E-state index >= 15 is 0 Å². The minimum absolute atomic E-state index is 0.00212. The lowest BCUT2D eigenvalue weighted by molar-refractivity contribution is 0.213. The van der Waals surface area contributed by atoms with E-state index in [-0.39, 0.29) is 150 Å². The van der Waals surface area contributed by atoms with Gasteiger partial charge in [0.2, 0.25) is 52.4 Å². The van der Waals surface area contributed by atoms with Crippen LogP contribution in [0.4, 0.5) is 61.5 Å². The molecule has 4 aliphatic carbocycles. The van der Waals surface area contributed by atoms with Gasteiger partial charge in [-0.1, -0.05) is 166 Å². The van der Waals surface area contributed by atoms with E-state index in [1.807, 2.05) is 27.7 Å². The maximum Gasteiger partial charge on any atom is 0.207 e. The second-order valence-corrected chi connectivity index (χ2v) is 34.2. The lowest BCUT2D eigenvalue weighted by Gasteiger charge is -2.25. The molecule has 8 aromatic carbocycles. The molecule has 0 spiro atoms. The summed E-state index contributed by atoms with van der Waals surface area (Å²) < 4.78 is 255. The van der Waals surface area contributed by atoms with Crippen molar-refractivity contribution in [1.29, 1.82) is 0 Å². The van der Waals surface area contributed by atoms with E-state index < -0.39 is 69.8 Å². The molecule has 0 bridgehead atoms. The summed E-state index contributed by atoms with van der Waals surface area (Å²) in [6.45, 7) is 16.9. The Bertz CT molecular complexity index is 5240. The molecule has 0 saturated heterocycles. The Morgan fingerprint density at radius 1 is 0.286 bits per heavy atom. The molecule has 4 atom stereocenters. The number of allylic oxidation sites excluding steroid dienone is 7. The van der Waals surface area contributed by atoms with Crippen molar-refractivity contribution in [2.75, 3.05) is 33.0 Å². The fraction of sp³-hybridized carbons (Fsp3) is 0.456. The number of halogens is 14. The van der Waals surface area contributed by atoms with E-state index in [2.05, 4.69) is 32.9 Å². The van der Waals surface area contributed by atoms with Crippen LogP contribution in [0, 0.1) is 93.5 Å². The fourth-order valence-corrected chi connectivity index (χ4v) is 17.9. The predicted molar refractivity (Wildman–Crippen MR) is 459 cm³/mol. The molecule has 4 unspecified atom stereocenters. The molecular weight excluding hydrogens is 1650 g/mol. The van der Waals surface area contributed by atoms with Crippen molar-refractivity contribution in [3.8, 4) is 74.7 Å². The average Bonchev–Trinajstić information content (AvgIpc) is 0.774. The van der Waals surface area contributed by atoms with Gasteiger partial charge in [-0.15, -0.1) is 0 Å². The number of hydrogen-bond donors (Lipinski definition) is 0. The van der Waals surface area contributed by atoms with Crippen molar-refractivity contribution < 1.29 is 104 Å². The molecule has 0 aromatic heterocycles. The van der Waals surface area contributed by atoms with Crippen molar-refractivity contribution >= 4 is 0 Å². The summed E-state index contributed by atoms with van der Waals surface area (Å²) in [6.07, 6.45) is 26.9. The van der Waals surface area contributed by atoms with Crippen LogP contribution in [-0.2, 0) is 44.9 Å². The van der Waals surface area contributed by atoms with Gasteiger partial charge in [0.1, 0.15) is 12.4 Å². The largest absolute Gasteiger partial charge is 0.491 e. The van der Waals surface area contributed by atoms with Crippen LogP contribution in [0.15, 0.2) is 119 Å². The summed E-state index contributed by atoms with van der Waals surface area (Å²) in [7, 11) is 0. The molecule has 0 fully saturated rings. The van der Waals surface area contributed by atoms with Gasteiger partial charge < -0.3 is 42.6 Å². The summed E-state index contributed by atoms with van der Waals surface area (Å²) >= 11 is 0. The predicted octanol–water partition coefficient (Wildman–Crippen LogP) is 30.7. The summed E-state index contributed by atoms with van der Waals surface area (Å²) in [5, 5.41) is 0. The van der Waals surface area contributed by atoms with Crippen molar-refractivity contribution in [2.45, 2.75) is 248 Å². The normalized spacial score (nSPS) is 17.5. The molecule has 0 amide bonds. The van der Waals surface area contributed by atoms with Gasteiger partial charge in [0.15, 0.2) is 92.2 Å². The van der Waals surface area contributed by atoms with Crippen LogP contribution in [0.2, 0.25) is 0 Å². The molecule has 4 heterocycles. The minimum Gasteiger partial charge on any atom is -0.491 e. The zero-order chi connectivity index (χ0) is 89.6. The van der Waals surface area contributed by atoms with Crippen molar-refractivity contribution in [3.05, 3.63) is 250 Å². The fourth-order valence-electron chi connectivity index (χ4n) is 17.9. The smallest absolute Gasteiger partial charge is 0.207 e. The summed E-state index contributed by atoms with van der Waals surface area (Å²) in [5.41, 5.74) is 9.80. The van der Waals surface area contributed by atoms with E-state index in [0.717, 1.165) is 128 Å². The zero-order valence-electron chi connectivity index (χ0n) is 73.1. The van der Waals surface area contributed by atoms with Gasteiger partial charge in [0, 0.05) is 83.0 Å². The monoisotopic (exact) mass is 1760 g/mol. The van der Waals surface area contributed by atoms with Crippen molar-refractivity contribution in [2.24, 2.45) is 23.7 Å². The molecule has 4 aliphatic heterocycles. The van der Waals surface area contributed by atoms with Gasteiger partial charge in [0.05, 0.1) is 32.3 Å². The lowest BCUT2D eigenvalue weighted by Crippen LogP contribution is -2.18. The topological polar surface area (TPSA) is 83.1 Å². The molecule has 16 rings (SSSR count). The van der Waals surface area contributed by atoms with Crippen LogP contribution < -0.4 is 42.6 Å².